The van der Waals surface area contributed by atoms with Gasteiger partial charge in [0.2, 0.25) is 0 Å². The molecule has 0 amide bonds. The van der Waals surface area contributed by atoms with Gasteiger partial charge in [-0.25, -0.2) is 13.6 Å². The third-order valence-corrected chi connectivity index (χ3v) is 0. The van der Waals surface area contributed by atoms with Gasteiger partial charge < -0.3 is 4.55 Å². The average molecular weight is 142 g/mol. The first-order valence-electron chi connectivity index (χ1n) is 0.736. The molecule has 0 radical (unpaired) electrons. The van der Waals surface area contributed by atoms with E-state index in [0.717, 1.165) is 0 Å². The molecule has 0 aliphatic rings. The third kappa shape index (κ3) is 77.5. The van der Waals surface area contributed by atoms with Crippen LogP contribution in [-0.4, -0.2) is 13.0 Å². The molecule has 0 spiro atoms. The predicted molar refractivity (Wildman–Crippen MR) is 13.9 cm³/mol. The summed E-state index contributed by atoms with van der Waals surface area (Å²) in [4.78, 5) is 0. The molecule has 0 atom stereocenters. The van der Waals surface area contributed by atoms with Crippen LogP contribution in [0.4, 0.5) is 0 Å². The van der Waals surface area contributed by atoms with Gasteiger partial charge in [0.1, 0.15) is 0 Å². The van der Waals surface area contributed by atoms with Crippen molar-refractivity contribution in [3.63, 3.8) is 0 Å². The summed E-state index contributed by atoms with van der Waals surface area (Å²) < 4.78 is 26.6. The molecule has 0 saturated carbocycles. The van der Waals surface area contributed by atoms with E-state index < -0.39 is 10.3 Å². The normalized spacial score (nSPS) is 8.29. The molecule has 0 aliphatic carbocycles. The summed E-state index contributed by atoms with van der Waals surface area (Å²) in [7, 11) is -4.42. The minimum Gasteiger partial charge on any atom is -0.736 e. The third-order valence-electron chi connectivity index (χ3n) is 0. The Hall–Kier alpha value is 1.87. The Morgan fingerprint density at radius 1 is 1.29 bits per heavy atom. The fourth-order valence-corrected chi connectivity index (χ4v) is 0. The van der Waals surface area contributed by atoms with Crippen molar-refractivity contribution in [3.8, 4) is 0 Å². The molecule has 0 rings (SSSR count). The molecule has 0 fully saturated rings. The van der Waals surface area contributed by atoms with Crippen LogP contribution in [0.2, 0.25) is 0 Å². The fourth-order valence-electron chi connectivity index (χ4n) is 0. The SMILES string of the molecule is NS(=O)(=O)[O-].[Na+].[Na+]. The van der Waals surface area contributed by atoms with Crippen molar-refractivity contribution in [1.29, 1.82) is 0 Å². The molecular formula is H2NNa2O3S+. The second kappa shape index (κ2) is 6.00. The van der Waals surface area contributed by atoms with Crippen LogP contribution >= 0.6 is 0 Å². The van der Waals surface area contributed by atoms with Crippen molar-refractivity contribution in [1.82, 2.24) is 0 Å². The minimum atomic E-state index is -4.42. The van der Waals surface area contributed by atoms with Crippen LogP contribution in [-0.2, 0) is 10.3 Å². The summed E-state index contributed by atoms with van der Waals surface area (Å²) in [5, 5.41) is 3.77. The van der Waals surface area contributed by atoms with Crippen molar-refractivity contribution in [2.75, 3.05) is 0 Å². The molecule has 32 valence electrons. The maximum absolute atomic E-state index is 8.85. The molecule has 0 aromatic heterocycles. The first-order chi connectivity index (χ1) is 2.00. The van der Waals surface area contributed by atoms with Crippen molar-refractivity contribution >= 4 is 10.3 Å². The average Bonchev–Trinajstić information content (AvgIpc) is 0.722. The molecule has 7 heavy (non-hydrogen) atoms. The summed E-state index contributed by atoms with van der Waals surface area (Å²) in [6.07, 6.45) is 0. The number of hydrogen-bond acceptors (Lipinski definition) is 3. The molecule has 0 bridgehead atoms. The summed E-state index contributed by atoms with van der Waals surface area (Å²) in [5.74, 6) is 0. The maximum Gasteiger partial charge on any atom is 1.00 e. The molecular weight excluding hydrogens is 140 g/mol. The van der Waals surface area contributed by atoms with Gasteiger partial charge in [-0.2, -0.15) is 0 Å². The Morgan fingerprint density at radius 2 is 1.29 bits per heavy atom. The van der Waals surface area contributed by atoms with Gasteiger partial charge in [-0.3, -0.25) is 0 Å². The van der Waals surface area contributed by atoms with Gasteiger partial charge in [-0.1, -0.05) is 0 Å². The minimum absolute atomic E-state index is 0. The molecule has 0 aromatic carbocycles. The number of hydrogen-bond donors (Lipinski definition) is 1. The monoisotopic (exact) mass is 142 g/mol. The van der Waals surface area contributed by atoms with E-state index in [0.29, 0.717) is 0 Å². The Morgan fingerprint density at radius 3 is 1.29 bits per heavy atom. The van der Waals surface area contributed by atoms with Crippen LogP contribution in [0.15, 0.2) is 0 Å². The zero-order chi connectivity index (χ0) is 4.50. The van der Waals surface area contributed by atoms with E-state index >= 15 is 0 Å². The summed E-state index contributed by atoms with van der Waals surface area (Å²) >= 11 is 0. The Balaban J connectivity index is -0.0000000800. The first-order valence-corrected chi connectivity index (χ1v) is 2.21. The molecule has 2 N–H and O–H groups in total. The van der Waals surface area contributed by atoms with Gasteiger partial charge >= 0.3 is 59.1 Å². The topological polar surface area (TPSA) is 83.2 Å². The second-order valence-corrected chi connectivity index (χ2v) is 1.48. The van der Waals surface area contributed by atoms with Crippen molar-refractivity contribution in [2.45, 2.75) is 0 Å². The van der Waals surface area contributed by atoms with Crippen LogP contribution in [0.1, 0.15) is 0 Å². The number of nitrogens with two attached hydrogens (primary N) is 1. The van der Waals surface area contributed by atoms with E-state index in [-0.39, 0.29) is 59.1 Å². The maximum atomic E-state index is 8.85. The predicted octanol–water partition coefficient (Wildman–Crippen LogP) is -7.59. The van der Waals surface area contributed by atoms with E-state index in [1.54, 1.807) is 0 Å². The molecule has 0 heterocycles. The summed E-state index contributed by atoms with van der Waals surface area (Å²) in [5.41, 5.74) is 0. The Bertz CT molecular complexity index is 96.1. The van der Waals surface area contributed by atoms with Crippen LogP contribution in [0.5, 0.6) is 0 Å². The van der Waals surface area contributed by atoms with E-state index in [1.807, 2.05) is 0 Å². The fraction of sp³-hybridized carbons (Fsp3) is 0. The van der Waals surface area contributed by atoms with Gasteiger partial charge in [-0.05, 0) is 0 Å². The Labute approximate surface area is 86.3 Å². The molecule has 4 nitrogen and oxygen atoms in total. The summed E-state index contributed by atoms with van der Waals surface area (Å²) in [6, 6.07) is 0. The first kappa shape index (κ1) is 15.9. The molecule has 7 heteroatoms. The van der Waals surface area contributed by atoms with Crippen molar-refractivity contribution < 1.29 is 72.1 Å². The quantitative estimate of drug-likeness (QED) is 0.269. The van der Waals surface area contributed by atoms with Crippen LogP contribution in [0.25, 0.3) is 0 Å². The zero-order valence-electron chi connectivity index (χ0n) is 4.21. The molecule has 0 aromatic rings. The van der Waals surface area contributed by atoms with Gasteiger partial charge in [0.05, 0.1) is 0 Å². The summed E-state index contributed by atoms with van der Waals surface area (Å²) in [6.45, 7) is 0. The van der Waals surface area contributed by atoms with Gasteiger partial charge in [0.25, 0.3) is 0 Å². The zero-order valence-corrected chi connectivity index (χ0v) is 9.03. The smallest absolute Gasteiger partial charge is 0.736 e. The van der Waals surface area contributed by atoms with Crippen LogP contribution in [0.3, 0.4) is 0 Å². The molecule has 0 saturated heterocycles. The Kier molecular flexibility index (Phi) is 13.7. The number of rotatable bonds is 0. The second-order valence-electron chi connectivity index (χ2n) is 0.493. The van der Waals surface area contributed by atoms with E-state index in [1.165, 1.54) is 0 Å². The van der Waals surface area contributed by atoms with Gasteiger partial charge in [0, 0.05) is 0 Å². The van der Waals surface area contributed by atoms with Crippen molar-refractivity contribution in [2.24, 2.45) is 5.14 Å². The largest absolute Gasteiger partial charge is 1.00 e. The van der Waals surface area contributed by atoms with Crippen LogP contribution in [0, 0.1) is 0 Å². The molecule has 0 unspecified atom stereocenters. The standard InChI is InChI=1S/H3NO3S.2Na/c1-5(2,3)4;;/h(H3,1,2,3,4);;/q;2*+1/p-1. The van der Waals surface area contributed by atoms with Crippen LogP contribution < -0.4 is 64.3 Å². The van der Waals surface area contributed by atoms with E-state index in [4.69, 9.17) is 13.0 Å². The van der Waals surface area contributed by atoms with Crippen molar-refractivity contribution in [3.05, 3.63) is 0 Å². The van der Waals surface area contributed by atoms with E-state index in [9.17, 15) is 0 Å². The molecule has 0 aliphatic heterocycles. The van der Waals surface area contributed by atoms with Gasteiger partial charge in [-0.15, -0.1) is 0 Å². The van der Waals surface area contributed by atoms with E-state index in [2.05, 4.69) is 5.14 Å². The van der Waals surface area contributed by atoms with Gasteiger partial charge in [0.15, 0.2) is 10.3 Å².